The number of hydrogen-bond acceptors (Lipinski definition) is 0. The van der Waals surface area contributed by atoms with Crippen molar-refractivity contribution in [2.24, 2.45) is 0 Å². The first kappa shape index (κ1) is 36.1. The fraction of sp³-hybridized carbons (Fsp3) is 0.172. The van der Waals surface area contributed by atoms with Crippen LogP contribution in [-0.4, -0.2) is 0 Å². The standard InChI is InChI=1S/C58H50/c1-8-35(2)54-36(3)27-37(4)55(38(54)5)45-25-26-48-49(30-45)51-32-47(44-24-16-22-42(29-44)40-19-13-10-14-20-40)34-53-57(51)56-50(48)31-46(33-52(56)58(53,6)7)43-23-15-21-41(28-43)39-17-11-9-12-18-39/h9-35H,8H2,1-7H3. The molecule has 58 heavy (non-hydrogen) atoms. The van der Waals surface area contributed by atoms with Crippen molar-refractivity contribution < 1.29 is 0 Å². The number of hydrogen-bond donors (Lipinski definition) is 0. The van der Waals surface area contributed by atoms with Gasteiger partial charge in [0.1, 0.15) is 0 Å². The zero-order valence-corrected chi connectivity index (χ0v) is 34.8. The van der Waals surface area contributed by atoms with Crippen LogP contribution in [0.4, 0.5) is 0 Å². The summed E-state index contributed by atoms with van der Waals surface area (Å²) >= 11 is 0. The summed E-state index contributed by atoms with van der Waals surface area (Å²) < 4.78 is 0. The van der Waals surface area contributed by atoms with Crippen LogP contribution in [0.15, 0.2) is 158 Å². The molecule has 9 aromatic carbocycles. The van der Waals surface area contributed by atoms with Crippen molar-refractivity contribution >= 4 is 32.3 Å². The third-order valence-corrected chi connectivity index (χ3v) is 13.5. The minimum atomic E-state index is -0.200. The van der Waals surface area contributed by atoms with Gasteiger partial charge in [0.15, 0.2) is 0 Å². The molecule has 1 atom stereocenters. The maximum atomic E-state index is 2.52. The average molecular weight is 747 g/mol. The van der Waals surface area contributed by atoms with Gasteiger partial charge in [0.25, 0.3) is 0 Å². The minimum absolute atomic E-state index is 0.200. The quantitative estimate of drug-likeness (QED) is 0.143. The maximum absolute atomic E-state index is 2.52. The molecule has 0 radical (unpaired) electrons. The first-order valence-electron chi connectivity index (χ1n) is 21.1. The molecule has 0 heteroatoms. The molecule has 1 aliphatic rings. The zero-order valence-electron chi connectivity index (χ0n) is 34.8. The van der Waals surface area contributed by atoms with E-state index in [0.717, 1.165) is 6.42 Å². The Bertz CT molecular complexity index is 3090. The number of fused-ring (bicyclic) bond motifs is 3. The van der Waals surface area contributed by atoms with Gasteiger partial charge in [-0.05, 0) is 197 Å². The largest absolute Gasteiger partial charge is 0.0648 e. The normalized spacial score (nSPS) is 13.6. The molecule has 0 heterocycles. The van der Waals surface area contributed by atoms with Crippen LogP contribution in [0.2, 0.25) is 0 Å². The Labute approximate surface area is 343 Å². The van der Waals surface area contributed by atoms with Gasteiger partial charge in [-0.3, -0.25) is 0 Å². The highest BCUT2D eigenvalue weighted by atomic mass is 14.4. The molecule has 1 unspecified atom stereocenters. The van der Waals surface area contributed by atoms with Crippen LogP contribution in [0, 0.1) is 20.8 Å². The summed E-state index contributed by atoms with van der Waals surface area (Å²) in [5, 5.41) is 8.14. The number of aryl methyl sites for hydroxylation is 2. The first-order chi connectivity index (χ1) is 28.1. The third-order valence-electron chi connectivity index (χ3n) is 13.5. The Morgan fingerprint density at radius 3 is 1.40 bits per heavy atom. The number of benzene rings is 9. The summed E-state index contributed by atoms with van der Waals surface area (Å²) in [7, 11) is 0. The van der Waals surface area contributed by atoms with Crippen molar-refractivity contribution in [3.63, 3.8) is 0 Å². The molecule has 10 rings (SSSR count). The molecule has 0 N–H and O–H groups in total. The first-order valence-corrected chi connectivity index (χ1v) is 21.1. The molecule has 1 aliphatic carbocycles. The van der Waals surface area contributed by atoms with E-state index in [1.54, 1.807) is 0 Å². The Morgan fingerprint density at radius 2 is 0.879 bits per heavy atom. The summed E-state index contributed by atoms with van der Waals surface area (Å²) in [6.45, 7) is 16.5. The number of rotatable bonds is 7. The van der Waals surface area contributed by atoms with Crippen LogP contribution in [0.3, 0.4) is 0 Å². The summed E-state index contributed by atoms with van der Waals surface area (Å²) in [6, 6.07) is 59.5. The van der Waals surface area contributed by atoms with E-state index in [1.165, 1.54) is 121 Å². The molecule has 282 valence electrons. The maximum Gasteiger partial charge on any atom is 0.0159 e. The van der Waals surface area contributed by atoms with Crippen molar-refractivity contribution in [2.45, 2.75) is 66.2 Å². The molecule has 9 aromatic rings. The summed E-state index contributed by atoms with van der Waals surface area (Å²) in [5.41, 5.74) is 21.0. The molecule has 0 fully saturated rings. The van der Waals surface area contributed by atoms with E-state index in [1.807, 2.05) is 0 Å². The Balaban J connectivity index is 1.27. The third kappa shape index (κ3) is 5.65. The van der Waals surface area contributed by atoms with E-state index >= 15 is 0 Å². The van der Waals surface area contributed by atoms with Crippen LogP contribution in [-0.2, 0) is 5.41 Å². The second kappa shape index (κ2) is 13.7. The lowest BCUT2D eigenvalue weighted by Gasteiger charge is -2.23. The van der Waals surface area contributed by atoms with Crippen LogP contribution >= 0.6 is 0 Å². The molecule has 0 aromatic heterocycles. The highest BCUT2D eigenvalue weighted by Crippen LogP contribution is 2.54. The Hall–Kier alpha value is -6.24. The van der Waals surface area contributed by atoms with Crippen molar-refractivity contribution in [1.82, 2.24) is 0 Å². The second-order valence-corrected chi connectivity index (χ2v) is 17.4. The van der Waals surface area contributed by atoms with Gasteiger partial charge in [0.05, 0.1) is 0 Å². The highest BCUT2D eigenvalue weighted by molar-refractivity contribution is 6.30. The van der Waals surface area contributed by atoms with E-state index in [0.29, 0.717) is 5.92 Å². The molecule has 0 spiro atoms. The van der Waals surface area contributed by atoms with Crippen molar-refractivity contribution in [2.75, 3.05) is 0 Å². The van der Waals surface area contributed by atoms with Crippen molar-refractivity contribution in [3.05, 3.63) is 191 Å². The minimum Gasteiger partial charge on any atom is -0.0648 e. The van der Waals surface area contributed by atoms with Crippen LogP contribution in [0.5, 0.6) is 0 Å². The molecule has 0 saturated carbocycles. The molecule has 0 aliphatic heterocycles. The predicted molar refractivity (Wildman–Crippen MR) is 251 cm³/mol. The van der Waals surface area contributed by atoms with E-state index < -0.39 is 0 Å². The highest BCUT2D eigenvalue weighted by Gasteiger charge is 2.36. The van der Waals surface area contributed by atoms with Gasteiger partial charge in [-0.1, -0.05) is 143 Å². The fourth-order valence-corrected chi connectivity index (χ4v) is 10.5. The van der Waals surface area contributed by atoms with Gasteiger partial charge in [-0.25, -0.2) is 0 Å². The zero-order chi connectivity index (χ0) is 39.9. The average Bonchev–Trinajstić information content (AvgIpc) is 3.49. The molecular formula is C58H50. The van der Waals surface area contributed by atoms with E-state index in [9.17, 15) is 0 Å². The van der Waals surface area contributed by atoms with Crippen LogP contribution < -0.4 is 0 Å². The Kier molecular flexibility index (Phi) is 8.54. The van der Waals surface area contributed by atoms with Gasteiger partial charge in [-0.15, -0.1) is 0 Å². The fourth-order valence-electron chi connectivity index (χ4n) is 10.5. The van der Waals surface area contributed by atoms with Gasteiger partial charge in [0.2, 0.25) is 0 Å². The van der Waals surface area contributed by atoms with Crippen LogP contribution in [0.25, 0.3) is 88.0 Å². The summed E-state index contributed by atoms with van der Waals surface area (Å²) in [4.78, 5) is 0. The molecule has 0 saturated heterocycles. The van der Waals surface area contributed by atoms with E-state index in [-0.39, 0.29) is 5.41 Å². The smallest absolute Gasteiger partial charge is 0.0159 e. The van der Waals surface area contributed by atoms with Crippen molar-refractivity contribution in [1.29, 1.82) is 0 Å². The van der Waals surface area contributed by atoms with Gasteiger partial charge < -0.3 is 0 Å². The lowest BCUT2D eigenvalue weighted by atomic mass is 9.80. The SMILES string of the molecule is CCC(C)c1c(C)cc(C)c(-c2ccc3c(c2)c2cc(-c4cccc(-c5ccccc5)c4)cc4c2c2c(cc(-c5cccc(-c6ccccc6)c5)cc32)C4(C)C)c1C. The van der Waals surface area contributed by atoms with E-state index in [2.05, 4.69) is 206 Å². The predicted octanol–water partition coefficient (Wildman–Crippen LogP) is 16.6. The topological polar surface area (TPSA) is 0 Å². The van der Waals surface area contributed by atoms with Gasteiger partial charge >= 0.3 is 0 Å². The molecule has 0 nitrogen and oxygen atoms in total. The lowest BCUT2D eigenvalue weighted by molar-refractivity contribution is 0.663. The van der Waals surface area contributed by atoms with Crippen molar-refractivity contribution in [3.8, 4) is 55.6 Å². The monoisotopic (exact) mass is 746 g/mol. The molecule has 0 bridgehead atoms. The van der Waals surface area contributed by atoms with Gasteiger partial charge in [0, 0.05) is 5.41 Å². The summed E-state index contributed by atoms with van der Waals surface area (Å²) in [6.07, 6.45) is 1.13. The second-order valence-electron chi connectivity index (χ2n) is 17.4. The summed E-state index contributed by atoms with van der Waals surface area (Å²) in [5.74, 6) is 0.509. The van der Waals surface area contributed by atoms with Gasteiger partial charge in [-0.2, -0.15) is 0 Å². The van der Waals surface area contributed by atoms with E-state index in [4.69, 9.17) is 0 Å². The molecule has 0 amide bonds. The van der Waals surface area contributed by atoms with Crippen LogP contribution in [0.1, 0.15) is 73.4 Å². The molecular weight excluding hydrogens is 697 g/mol. The lowest BCUT2D eigenvalue weighted by Crippen LogP contribution is -2.15. The Morgan fingerprint density at radius 1 is 0.414 bits per heavy atom.